The van der Waals surface area contributed by atoms with Gasteiger partial charge in [-0.25, -0.2) is 0 Å². The van der Waals surface area contributed by atoms with Gasteiger partial charge in [0.05, 0.1) is 28.4 Å². The molecule has 2 aromatic rings. The molecule has 146 valence electrons. The Bertz CT molecular complexity index is 757. The van der Waals surface area contributed by atoms with E-state index in [1.807, 2.05) is 24.3 Å². The predicted octanol–water partition coefficient (Wildman–Crippen LogP) is 4.10. The number of unbranched alkanes of at least 4 members (excludes halogenated alkanes) is 1. The highest BCUT2D eigenvalue weighted by atomic mass is 16.5. The zero-order chi connectivity index (χ0) is 19.8. The quantitative estimate of drug-likeness (QED) is 0.637. The molecule has 5 nitrogen and oxygen atoms in total. The number of aliphatic hydroxyl groups excluding tert-OH is 1. The first kappa shape index (κ1) is 20.6. The van der Waals surface area contributed by atoms with Crippen molar-refractivity contribution < 1.29 is 24.1 Å². The molecule has 0 aliphatic rings. The Balaban J connectivity index is 2.40. The zero-order valence-corrected chi connectivity index (χ0v) is 16.5. The van der Waals surface area contributed by atoms with Gasteiger partial charge in [0.1, 0.15) is 5.75 Å². The lowest BCUT2D eigenvalue weighted by atomic mass is 9.95. The third kappa shape index (κ3) is 4.74. The Morgan fingerprint density at radius 1 is 0.815 bits per heavy atom. The van der Waals surface area contributed by atoms with E-state index in [1.165, 1.54) is 0 Å². The summed E-state index contributed by atoms with van der Waals surface area (Å²) >= 11 is 0. The third-order valence-electron chi connectivity index (χ3n) is 4.50. The average Bonchev–Trinajstić information content (AvgIpc) is 2.72. The van der Waals surface area contributed by atoms with Gasteiger partial charge in [-0.3, -0.25) is 0 Å². The number of hydrogen-bond donors (Lipinski definition) is 1. The van der Waals surface area contributed by atoms with Crippen molar-refractivity contribution >= 4 is 5.57 Å². The monoisotopic (exact) mass is 372 g/mol. The number of methoxy groups -OCH3 is 4. The predicted molar refractivity (Wildman–Crippen MR) is 107 cm³/mol. The van der Waals surface area contributed by atoms with E-state index in [9.17, 15) is 0 Å². The first-order valence-electron chi connectivity index (χ1n) is 8.87. The molecule has 0 radical (unpaired) electrons. The van der Waals surface area contributed by atoms with Gasteiger partial charge in [0.2, 0.25) is 5.75 Å². The number of benzene rings is 2. The first-order chi connectivity index (χ1) is 13.1. The largest absolute Gasteiger partial charge is 0.496 e. The van der Waals surface area contributed by atoms with E-state index in [0.29, 0.717) is 17.2 Å². The molecular weight excluding hydrogens is 344 g/mol. The second-order valence-electron chi connectivity index (χ2n) is 6.10. The molecule has 0 spiro atoms. The third-order valence-corrected chi connectivity index (χ3v) is 4.50. The summed E-state index contributed by atoms with van der Waals surface area (Å²) in [6, 6.07) is 9.80. The van der Waals surface area contributed by atoms with Crippen molar-refractivity contribution in [3.05, 3.63) is 53.6 Å². The highest BCUT2D eigenvalue weighted by Crippen LogP contribution is 2.41. The number of aryl methyl sites for hydroxylation is 1. The van der Waals surface area contributed by atoms with Crippen LogP contribution in [0.15, 0.2) is 36.9 Å². The maximum absolute atomic E-state index is 9.02. The molecule has 0 aliphatic carbocycles. The lowest BCUT2D eigenvalue weighted by Crippen LogP contribution is -1.99. The molecule has 0 aromatic heterocycles. The second kappa shape index (κ2) is 9.88. The van der Waals surface area contributed by atoms with Crippen molar-refractivity contribution in [1.82, 2.24) is 0 Å². The van der Waals surface area contributed by atoms with Gasteiger partial charge in [-0.05, 0) is 65.8 Å². The molecule has 0 atom stereocenters. The Morgan fingerprint density at radius 3 is 1.96 bits per heavy atom. The second-order valence-corrected chi connectivity index (χ2v) is 6.10. The summed E-state index contributed by atoms with van der Waals surface area (Å²) in [5.74, 6) is 2.57. The molecule has 0 fully saturated rings. The van der Waals surface area contributed by atoms with Crippen molar-refractivity contribution in [2.24, 2.45) is 0 Å². The van der Waals surface area contributed by atoms with Crippen LogP contribution >= 0.6 is 0 Å². The molecule has 27 heavy (non-hydrogen) atoms. The zero-order valence-electron chi connectivity index (χ0n) is 16.5. The Morgan fingerprint density at radius 2 is 1.44 bits per heavy atom. The van der Waals surface area contributed by atoms with Gasteiger partial charge in [0.25, 0.3) is 0 Å². The molecule has 0 bridgehead atoms. The van der Waals surface area contributed by atoms with Crippen LogP contribution in [0.3, 0.4) is 0 Å². The molecule has 0 saturated heterocycles. The summed E-state index contributed by atoms with van der Waals surface area (Å²) in [7, 11) is 6.43. The summed E-state index contributed by atoms with van der Waals surface area (Å²) in [5, 5.41) is 9.02. The average molecular weight is 372 g/mol. The highest BCUT2D eigenvalue weighted by Gasteiger charge is 2.16. The van der Waals surface area contributed by atoms with Crippen molar-refractivity contribution in [3.63, 3.8) is 0 Å². The Hall–Kier alpha value is -2.66. The van der Waals surface area contributed by atoms with Gasteiger partial charge in [-0.1, -0.05) is 12.6 Å². The number of rotatable bonds is 10. The van der Waals surface area contributed by atoms with Crippen LogP contribution in [0.1, 0.15) is 29.5 Å². The van der Waals surface area contributed by atoms with Gasteiger partial charge < -0.3 is 24.1 Å². The molecule has 0 saturated carbocycles. The number of hydrogen-bond acceptors (Lipinski definition) is 5. The summed E-state index contributed by atoms with van der Waals surface area (Å²) < 4.78 is 21.7. The fraction of sp³-hybridized carbons (Fsp3) is 0.364. The van der Waals surface area contributed by atoms with Crippen molar-refractivity contribution in [2.45, 2.75) is 19.3 Å². The standard InChI is InChI=1S/C22H28O5/c1-15(18-13-20(25-3)22(27-5)21(14-18)26-4)16-9-10-19(24-2)17(12-16)8-6-7-11-23/h9-10,12-14,23H,1,6-8,11H2,2-5H3. The molecule has 5 heteroatoms. The molecular formula is C22H28O5. The number of aliphatic hydroxyl groups is 1. The minimum atomic E-state index is 0.195. The Kier molecular flexibility index (Phi) is 7.55. The van der Waals surface area contributed by atoms with E-state index in [2.05, 4.69) is 12.6 Å². The molecule has 0 aliphatic heterocycles. The van der Waals surface area contributed by atoms with Crippen molar-refractivity contribution in [3.8, 4) is 23.0 Å². The van der Waals surface area contributed by atoms with Crippen LogP contribution in [-0.2, 0) is 6.42 Å². The van der Waals surface area contributed by atoms with Crippen LogP contribution in [-0.4, -0.2) is 40.2 Å². The fourth-order valence-electron chi connectivity index (χ4n) is 3.01. The van der Waals surface area contributed by atoms with Crippen LogP contribution in [0.4, 0.5) is 0 Å². The van der Waals surface area contributed by atoms with E-state index in [-0.39, 0.29) is 6.61 Å². The van der Waals surface area contributed by atoms with E-state index < -0.39 is 0 Å². The molecule has 2 rings (SSSR count). The van der Waals surface area contributed by atoms with Crippen LogP contribution < -0.4 is 18.9 Å². The molecule has 0 amide bonds. The minimum Gasteiger partial charge on any atom is -0.496 e. The summed E-state index contributed by atoms with van der Waals surface area (Å²) in [6.07, 6.45) is 2.49. The minimum absolute atomic E-state index is 0.195. The van der Waals surface area contributed by atoms with Crippen LogP contribution in [0, 0.1) is 0 Å². The van der Waals surface area contributed by atoms with Crippen molar-refractivity contribution in [2.75, 3.05) is 35.0 Å². The molecule has 1 N–H and O–H groups in total. The lowest BCUT2D eigenvalue weighted by molar-refractivity contribution is 0.284. The topological polar surface area (TPSA) is 57.2 Å². The Labute approximate surface area is 161 Å². The van der Waals surface area contributed by atoms with E-state index in [0.717, 1.165) is 47.3 Å². The van der Waals surface area contributed by atoms with E-state index in [4.69, 9.17) is 24.1 Å². The van der Waals surface area contributed by atoms with E-state index >= 15 is 0 Å². The van der Waals surface area contributed by atoms with Crippen LogP contribution in [0.25, 0.3) is 5.57 Å². The smallest absolute Gasteiger partial charge is 0.203 e. The maximum Gasteiger partial charge on any atom is 0.203 e. The van der Waals surface area contributed by atoms with Crippen molar-refractivity contribution in [1.29, 1.82) is 0 Å². The normalized spacial score (nSPS) is 10.4. The highest BCUT2D eigenvalue weighted by molar-refractivity contribution is 5.81. The van der Waals surface area contributed by atoms with Gasteiger partial charge >= 0.3 is 0 Å². The molecule has 0 heterocycles. The fourth-order valence-corrected chi connectivity index (χ4v) is 3.01. The summed E-state index contributed by atoms with van der Waals surface area (Å²) in [6.45, 7) is 4.46. The van der Waals surface area contributed by atoms with Gasteiger partial charge in [0.15, 0.2) is 11.5 Å². The first-order valence-corrected chi connectivity index (χ1v) is 8.87. The van der Waals surface area contributed by atoms with Gasteiger partial charge in [-0.2, -0.15) is 0 Å². The molecule has 2 aromatic carbocycles. The SMILES string of the molecule is C=C(c1ccc(OC)c(CCCCO)c1)c1cc(OC)c(OC)c(OC)c1. The summed E-state index contributed by atoms with van der Waals surface area (Å²) in [4.78, 5) is 0. The molecule has 0 unspecified atom stereocenters. The van der Waals surface area contributed by atoms with Gasteiger partial charge in [-0.15, -0.1) is 0 Å². The van der Waals surface area contributed by atoms with Crippen LogP contribution in [0.2, 0.25) is 0 Å². The lowest BCUT2D eigenvalue weighted by Gasteiger charge is -2.16. The van der Waals surface area contributed by atoms with Gasteiger partial charge in [0, 0.05) is 6.61 Å². The van der Waals surface area contributed by atoms with Crippen LogP contribution in [0.5, 0.6) is 23.0 Å². The number of ether oxygens (including phenoxy) is 4. The maximum atomic E-state index is 9.02. The van der Waals surface area contributed by atoms with E-state index in [1.54, 1.807) is 28.4 Å². The summed E-state index contributed by atoms with van der Waals surface area (Å²) in [5.41, 5.74) is 3.82.